The molecule has 0 radical (unpaired) electrons. The molecule has 1 unspecified atom stereocenters. The number of hydrogen-bond donors (Lipinski definition) is 1. The third-order valence-electron chi connectivity index (χ3n) is 3.20. The highest BCUT2D eigenvalue weighted by Crippen LogP contribution is 2.30. The molecule has 110 valence electrons. The molecule has 0 amide bonds. The number of carbonyl (C=O) groups is 1. The first-order valence-corrected chi connectivity index (χ1v) is 8.90. The van der Waals surface area contributed by atoms with Crippen molar-refractivity contribution in [3.63, 3.8) is 0 Å². The minimum absolute atomic E-state index is 0.00462. The number of carbonyl (C=O) groups excluding carboxylic acids is 1. The van der Waals surface area contributed by atoms with Crippen molar-refractivity contribution in [2.24, 2.45) is 0 Å². The second-order valence-electron chi connectivity index (χ2n) is 4.78. The Morgan fingerprint density at radius 3 is 2.55 bits per heavy atom. The number of rotatable bonds is 4. The summed E-state index contributed by atoms with van der Waals surface area (Å²) >= 11 is 3.33. The molecule has 0 saturated carbocycles. The van der Waals surface area contributed by atoms with E-state index in [0.717, 1.165) is 4.47 Å². The van der Waals surface area contributed by atoms with E-state index in [-0.39, 0.29) is 24.5 Å². The zero-order chi connectivity index (χ0) is 14.8. The summed E-state index contributed by atoms with van der Waals surface area (Å²) in [5, 5.41) is 3.05. The van der Waals surface area contributed by atoms with Crippen LogP contribution >= 0.6 is 15.9 Å². The van der Waals surface area contributed by atoms with Crippen molar-refractivity contribution < 1.29 is 17.9 Å². The van der Waals surface area contributed by atoms with Gasteiger partial charge in [-0.25, -0.2) is 13.2 Å². The van der Waals surface area contributed by atoms with Crippen LogP contribution in [0.4, 0.5) is 5.69 Å². The molecule has 0 aliphatic carbocycles. The van der Waals surface area contributed by atoms with Gasteiger partial charge < -0.3 is 10.1 Å². The first kappa shape index (κ1) is 15.3. The van der Waals surface area contributed by atoms with E-state index in [1.807, 2.05) is 12.1 Å². The number of nitrogens with one attached hydrogen (secondary N) is 1. The summed E-state index contributed by atoms with van der Waals surface area (Å²) in [6.45, 7) is 1.93. The molecule has 1 aliphatic heterocycles. The minimum atomic E-state index is -3.22. The highest BCUT2D eigenvalue weighted by Gasteiger charge is 2.49. The lowest BCUT2D eigenvalue weighted by atomic mass is 9.98. The number of benzene rings is 1. The summed E-state index contributed by atoms with van der Waals surface area (Å²) in [7, 11) is -3.22. The van der Waals surface area contributed by atoms with Gasteiger partial charge in [0.2, 0.25) is 0 Å². The molecule has 1 aromatic rings. The first-order valence-electron chi connectivity index (χ1n) is 6.28. The lowest BCUT2D eigenvalue weighted by molar-refractivity contribution is -0.147. The number of anilines is 1. The van der Waals surface area contributed by atoms with Gasteiger partial charge in [-0.3, -0.25) is 0 Å². The summed E-state index contributed by atoms with van der Waals surface area (Å²) in [6.07, 6.45) is 0.226. The number of sulfone groups is 1. The van der Waals surface area contributed by atoms with E-state index in [4.69, 9.17) is 4.74 Å². The fourth-order valence-corrected chi connectivity index (χ4v) is 4.39. The normalized spacial score (nSPS) is 24.3. The van der Waals surface area contributed by atoms with Gasteiger partial charge in [-0.05, 0) is 37.6 Å². The van der Waals surface area contributed by atoms with Gasteiger partial charge in [0, 0.05) is 10.2 Å². The molecule has 0 spiro atoms. The Balaban J connectivity index is 2.28. The van der Waals surface area contributed by atoms with Gasteiger partial charge >= 0.3 is 5.97 Å². The monoisotopic (exact) mass is 361 g/mol. The van der Waals surface area contributed by atoms with Crippen LogP contribution in [0, 0.1) is 0 Å². The van der Waals surface area contributed by atoms with E-state index in [0.29, 0.717) is 5.69 Å². The van der Waals surface area contributed by atoms with Crippen LogP contribution in [0.25, 0.3) is 0 Å². The Hall–Kier alpha value is -1.08. The molecule has 1 saturated heterocycles. The largest absolute Gasteiger partial charge is 0.464 e. The molecule has 0 aromatic heterocycles. The van der Waals surface area contributed by atoms with Crippen LogP contribution in [0.2, 0.25) is 0 Å². The van der Waals surface area contributed by atoms with E-state index in [1.165, 1.54) is 0 Å². The van der Waals surface area contributed by atoms with Gasteiger partial charge in [0.25, 0.3) is 0 Å². The molecule has 1 aliphatic rings. The lowest BCUT2D eigenvalue weighted by Gasteiger charge is -2.27. The van der Waals surface area contributed by atoms with Crippen LogP contribution in [0.3, 0.4) is 0 Å². The zero-order valence-electron chi connectivity index (χ0n) is 11.1. The number of esters is 1. The number of hydrogen-bond acceptors (Lipinski definition) is 5. The van der Waals surface area contributed by atoms with Crippen LogP contribution in [0.15, 0.2) is 28.7 Å². The second kappa shape index (κ2) is 5.73. The van der Waals surface area contributed by atoms with Gasteiger partial charge in [0.15, 0.2) is 15.4 Å². The average molecular weight is 362 g/mol. The Morgan fingerprint density at radius 2 is 2.05 bits per heavy atom. The Morgan fingerprint density at radius 1 is 1.40 bits per heavy atom. The molecule has 1 fully saturated rings. The maximum absolute atomic E-state index is 12.2. The molecule has 0 bridgehead atoms. The summed E-state index contributed by atoms with van der Waals surface area (Å²) in [5.41, 5.74) is -0.485. The molecule has 1 N–H and O–H groups in total. The average Bonchev–Trinajstić information content (AvgIpc) is 2.69. The maximum atomic E-state index is 12.2. The molecular weight excluding hydrogens is 346 g/mol. The fraction of sp³-hybridized carbons (Fsp3) is 0.462. The summed E-state index contributed by atoms with van der Waals surface area (Å²) in [5.74, 6) is -0.742. The molecule has 2 rings (SSSR count). The number of halogens is 1. The van der Waals surface area contributed by atoms with Gasteiger partial charge in [0.05, 0.1) is 18.1 Å². The van der Waals surface area contributed by atoms with E-state index in [1.54, 1.807) is 19.1 Å². The summed E-state index contributed by atoms with van der Waals surface area (Å²) in [6, 6.07) is 7.22. The Kier molecular flexibility index (Phi) is 4.39. The standard InChI is InChI=1S/C13H16BrNO4S/c1-2-19-12(16)13(7-8-20(17,18)9-13)15-11-5-3-10(14)4-6-11/h3-6,15H,2,7-9H2,1H3. The Labute approximate surface area is 126 Å². The zero-order valence-corrected chi connectivity index (χ0v) is 13.5. The molecular formula is C13H16BrNO4S. The maximum Gasteiger partial charge on any atom is 0.332 e. The highest BCUT2D eigenvalue weighted by atomic mass is 79.9. The SMILES string of the molecule is CCOC(=O)C1(Nc2ccc(Br)cc2)CCS(=O)(=O)C1. The topological polar surface area (TPSA) is 72.5 Å². The van der Waals surface area contributed by atoms with Crippen molar-refractivity contribution in [2.45, 2.75) is 18.9 Å². The molecule has 1 aromatic carbocycles. The second-order valence-corrected chi connectivity index (χ2v) is 7.88. The van der Waals surface area contributed by atoms with Gasteiger partial charge in [0.1, 0.15) is 0 Å². The van der Waals surface area contributed by atoms with Crippen molar-refractivity contribution in [3.05, 3.63) is 28.7 Å². The van der Waals surface area contributed by atoms with Gasteiger partial charge in [-0.2, -0.15) is 0 Å². The highest BCUT2D eigenvalue weighted by molar-refractivity contribution is 9.10. The van der Waals surface area contributed by atoms with E-state index >= 15 is 0 Å². The van der Waals surface area contributed by atoms with Crippen LogP contribution in [0.5, 0.6) is 0 Å². The van der Waals surface area contributed by atoms with Crippen molar-refractivity contribution in [3.8, 4) is 0 Å². The molecule has 1 atom stereocenters. The van der Waals surface area contributed by atoms with E-state index in [9.17, 15) is 13.2 Å². The molecule has 7 heteroatoms. The van der Waals surface area contributed by atoms with E-state index in [2.05, 4.69) is 21.2 Å². The van der Waals surface area contributed by atoms with Crippen molar-refractivity contribution in [2.75, 3.05) is 23.4 Å². The predicted octanol–water partition coefficient (Wildman–Crippen LogP) is 1.98. The van der Waals surface area contributed by atoms with Gasteiger partial charge in [-0.15, -0.1) is 0 Å². The van der Waals surface area contributed by atoms with Crippen molar-refractivity contribution in [1.82, 2.24) is 0 Å². The smallest absolute Gasteiger partial charge is 0.332 e. The third-order valence-corrected chi connectivity index (χ3v) is 5.49. The minimum Gasteiger partial charge on any atom is -0.464 e. The van der Waals surface area contributed by atoms with E-state index < -0.39 is 21.3 Å². The summed E-state index contributed by atoms with van der Waals surface area (Å²) in [4.78, 5) is 12.2. The lowest BCUT2D eigenvalue weighted by Crippen LogP contribution is -2.48. The first-order chi connectivity index (χ1) is 9.37. The quantitative estimate of drug-likeness (QED) is 0.830. The fourth-order valence-electron chi connectivity index (χ4n) is 2.24. The molecule has 20 heavy (non-hydrogen) atoms. The number of ether oxygens (including phenoxy) is 1. The van der Waals surface area contributed by atoms with Crippen molar-refractivity contribution >= 4 is 37.4 Å². The van der Waals surface area contributed by atoms with Gasteiger partial charge in [-0.1, -0.05) is 15.9 Å². The van der Waals surface area contributed by atoms with Crippen LogP contribution in [-0.2, 0) is 19.4 Å². The predicted molar refractivity (Wildman–Crippen MR) is 80.4 cm³/mol. The molecule has 1 heterocycles. The summed E-state index contributed by atoms with van der Waals surface area (Å²) < 4.78 is 29.4. The van der Waals surface area contributed by atoms with Crippen LogP contribution < -0.4 is 5.32 Å². The van der Waals surface area contributed by atoms with Crippen molar-refractivity contribution in [1.29, 1.82) is 0 Å². The van der Waals surface area contributed by atoms with Crippen LogP contribution in [0.1, 0.15) is 13.3 Å². The third kappa shape index (κ3) is 3.32. The Bertz CT molecular complexity index is 599. The van der Waals surface area contributed by atoms with Crippen LogP contribution in [-0.4, -0.2) is 38.0 Å². The molecule has 5 nitrogen and oxygen atoms in total.